The molecule has 2 N–H and O–H groups in total. The summed E-state index contributed by atoms with van der Waals surface area (Å²) in [4.78, 5) is 28.2. The van der Waals surface area contributed by atoms with Crippen LogP contribution in [0.3, 0.4) is 0 Å². The molecule has 8 nitrogen and oxygen atoms in total. The van der Waals surface area contributed by atoms with Crippen LogP contribution >= 0.6 is 23.1 Å². The second-order valence-electron chi connectivity index (χ2n) is 6.87. The minimum Gasteiger partial charge on any atom is -0.363 e. The number of piperazine rings is 1. The number of aromatic nitrogens is 2. The van der Waals surface area contributed by atoms with E-state index in [4.69, 9.17) is 0 Å². The van der Waals surface area contributed by atoms with Gasteiger partial charge >= 0.3 is 0 Å². The van der Waals surface area contributed by atoms with Crippen LogP contribution in [0.5, 0.6) is 0 Å². The molecule has 25 heavy (non-hydrogen) atoms. The smallest absolute Gasteiger partial charge is 0.234 e. The van der Waals surface area contributed by atoms with Gasteiger partial charge in [0.15, 0.2) is 4.34 Å². The first-order chi connectivity index (χ1) is 11.8. The normalized spacial score (nSPS) is 15.9. The quantitative estimate of drug-likeness (QED) is 0.697. The van der Waals surface area contributed by atoms with E-state index in [9.17, 15) is 9.59 Å². The molecule has 0 aliphatic carbocycles. The predicted molar refractivity (Wildman–Crippen MR) is 101 cm³/mol. The molecule has 1 aliphatic rings. The molecule has 140 valence electrons. The van der Waals surface area contributed by atoms with Crippen LogP contribution < -0.4 is 10.6 Å². The van der Waals surface area contributed by atoms with Gasteiger partial charge in [0.05, 0.1) is 12.3 Å². The summed E-state index contributed by atoms with van der Waals surface area (Å²) in [5.74, 6) is 0.493. The number of thioether (sulfide) groups is 1. The van der Waals surface area contributed by atoms with Crippen molar-refractivity contribution in [3.8, 4) is 0 Å². The van der Waals surface area contributed by atoms with E-state index < -0.39 is 0 Å². The van der Waals surface area contributed by atoms with E-state index in [2.05, 4.69) is 25.7 Å². The summed E-state index contributed by atoms with van der Waals surface area (Å²) in [5.41, 5.74) is -0.218. The van der Waals surface area contributed by atoms with Gasteiger partial charge in [0.1, 0.15) is 0 Å². The number of nitrogens with zero attached hydrogens (tertiary/aromatic N) is 4. The van der Waals surface area contributed by atoms with E-state index in [1.54, 1.807) is 7.05 Å². The van der Waals surface area contributed by atoms with Crippen LogP contribution in [-0.2, 0) is 9.59 Å². The molecule has 0 radical (unpaired) electrons. The zero-order chi connectivity index (χ0) is 18.4. The monoisotopic (exact) mass is 386 g/mol. The summed E-state index contributed by atoms with van der Waals surface area (Å²) in [7, 11) is 1.79. The van der Waals surface area contributed by atoms with Crippen molar-refractivity contribution >= 4 is 40.0 Å². The largest absolute Gasteiger partial charge is 0.363 e. The molecule has 2 amide bonds. The lowest BCUT2D eigenvalue weighted by Gasteiger charge is -2.34. The van der Waals surface area contributed by atoms with Gasteiger partial charge in [0.25, 0.3) is 0 Å². The Morgan fingerprint density at radius 2 is 1.88 bits per heavy atom. The van der Waals surface area contributed by atoms with Crippen molar-refractivity contribution in [1.29, 1.82) is 0 Å². The third kappa shape index (κ3) is 6.79. The van der Waals surface area contributed by atoms with Crippen molar-refractivity contribution in [1.82, 2.24) is 25.3 Å². The first-order valence-electron chi connectivity index (χ1n) is 8.22. The Morgan fingerprint density at radius 1 is 1.20 bits per heavy atom. The number of hydrogen-bond donors (Lipinski definition) is 2. The molecule has 1 aromatic heterocycles. The molecule has 0 aromatic carbocycles. The molecule has 1 saturated heterocycles. The zero-order valence-electron chi connectivity index (χ0n) is 15.2. The molecule has 1 aliphatic heterocycles. The van der Waals surface area contributed by atoms with Gasteiger partial charge in [0.2, 0.25) is 16.9 Å². The fraction of sp³-hybridized carbons (Fsp3) is 0.733. The first kappa shape index (κ1) is 19.9. The fourth-order valence-corrected chi connectivity index (χ4v) is 4.01. The lowest BCUT2D eigenvalue weighted by Crippen LogP contribution is -2.53. The molecule has 0 atom stereocenters. The number of carbonyl (C=O) groups excluding carboxylic acids is 2. The number of rotatable bonds is 6. The second kappa shape index (κ2) is 8.81. The van der Waals surface area contributed by atoms with Crippen molar-refractivity contribution in [3.05, 3.63) is 0 Å². The minimum absolute atomic E-state index is 0.0273. The molecule has 1 aromatic rings. The SMILES string of the molecule is CNc1nnc(SCC(=O)N2CCN(CC(=O)NC(C)(C)C)CC2)s1. The van der Waals surface area contributed by atoms with Crippen LogP contribution in [0.15, 0.2) is 4.34 Å². The van der Waals surface area contributed by atoms with Gasteiger partial charge in [-0.15, -0.1) is 10.2 Å². The number of amides is 2. The van der Waals surface area contributed by atoms with Crippen LogP contribution in [0.25, 0.3) is 0 Å². The lowest BCUT2D eigenvalue weighted by molar-refractivity contribution is -0.130. The van der Waals surface area contributed by atoms with Crippen LogP contribution in [0.2, 0.25) is 0 Å². The van der Waals surface area contributed by atoms with E-state index in [1.165, 1.54) is 23.1 Å². The number of carbonyl (C=O) groups is 2. The Hall–Kier alpha value is -1.39. The molecular weight excluding hydrogens is 360 g/mol. The number of hydrogen-bond acceptors (Lipinski definition) is 8. The van der Waals surface area contributed by atoms with Crippen molar-refractivity contribution in [2.75, 3.05) is 50.8 Å². The van der Waals surface area contributed by atoms with Crippen molar-refractivity contribution < 1.29 is 9.59 Å². The Bertz CT molecular complexity index is 593. The van der Waals surface area contributed by atoms with Gasteiger partial charge in [-0.2, -0.15) is 0 Å². The molecule has 10 heteroatoms. The van der Waals surface area contributed by atoms with Gasteiger partial charge in [-0.25, -0.2) is 0 Å². The van der Waals surface area contributed by atoms with Crippen LogP contribution in [-0.4, -0.2) is 82.9 Å². The molecule has 0 spiro atoms. The Kier molecular flexibility index (Phi) is 7.03. The van der Waals surface area contributed by atoms with Gasteiger partial charge in [-0.1, -0.05) is 23.1 Å². The highest BCUT2D eigenvalue weighted by molar-refractivity contribution is 8.01. The maximum absolute atomic E-state index is 12.3. The molecule has 1 fully saturated rings. The third-order valence-corrected chi connectivity index (χ3v) is 5.60. The van der Waals surface area contributed by atoms with Crippen LogP contribution in [0, 0.1) is 0 Å². The summed E-state index contributed by atoms with van der Waals surface area (Å²) in [6.45, 7) is 9.03. The van der Waals surface area contributed by atoms with Crippen molar-refractivity contribution in [3.63, 3.8) is 0 Å². The van der Waals surface area contributed by atoms with Gasteiger partial charge < -0.3 is 15.5 Å². The minimum atomic E-state index is -0.218. The summed E-state index contributed by atoms with van der Waals surface area (Å²) < 4.78 is 0.787. The van der Waals surface area contributed by atoms with Crippen LogP contribution in [0.1, 0.15) is 20.8 Å². The first-order valence-corrected chi connectivity index (χ1v) is 10.0. The van der Waals surface area contributed by atoms with E-state index >= 15 is 0 Å². The lowest BCUT2D eigenvalue weighted by atomic mass is 10.1. The maximum Gasteiger partial charge on any atom is 0.234 e. The fourth-order valence-electron chi connectivity index (χ4n) is 2.40. The van der Waals surface area contributed by atoms with Crippen molar-refractivity contribution in [2.24, 2.45) is 0 Å². The highest BCUT2D eigenvalue weighted by Crippen LogP contribution is 2.25. The maximum atomic E-state index is 12.3. The average Bonchev–Trinajstić information content (AvgIpc) is 2.99. The predicted octanol–water partition coefficient (Wildman–Crippen LogP) is 0.731. The molecule has 0 saturated carbocycles. The Labute approximate surface area is 156 Å². The average molecular weight is 387 g/mol. The highest BCUT2D eigenvalue weighted by Gasteiger charge is 2.23. The zero-order valence-corrected chi connectivity index (χ0v) is 16.8. The number of nitrogens with one attached hydrogen (secondary N) is 2. The van der Waals surface area contributed by atoms with E-state index in [1.807, 2.05) is 25.7 Å². The van der Waals surface area contributed by atoms with Gasteiger partial charge in [0, 0.05) is 38.8 Å². The second-order valence-corrected chi connectivity index (χ2v) is 9.07. The third-order valence-electron chi connectivity index (χ3n) is 3.55. The number of anilines is 1. The molecule has 2 rings (SSSR count). The van der Waals surface area contributed by atoms with Crippen molar-refractivity contribution in [2.45, 2.75) is 30.6 Å². The Balaban J connectivity index is 1.70. The van der Waals surface area contributed by atoms with Gasteiger partial charge in [-0.3, -0.25) is 14.5 Å². The Morgan fingerprint density at radius 3 is 2.44 bits per heavy atom. The van der Waals surface area contributed by atoms with E-state index in [-0.39, 0.29) is 17.4 Å². The van der Waals surface area contributed by atoms with E-state index in [0.717, 1.165) is 22.6 Å². The summed E-state index contributed by atoms with van der Waals surface area (Å²) in [6.07, 6.45) is 0. The summed E-state index contributed by atoms with van der Waals surface area (Å²) >= 11 is 2.85. The van der Waals surface area contributed by atoms with E-state index in [0.29, 0.717) is 25.4 Å². The molecule has 0 bridgehead atoms. The van der Waals surface area contributed by atoms with Crippen LogP contribution in [0.4, 0.5) is 5.13 Å². The topological polar surface area (TPSA) is 90.5 Å². The van der Waals surface area contributed by atoms with Gasteiger partial charge in [-0.05, 0) is 20.8 Å². The summed E-state index contributed by atoms with van der Waals surface area (Å²) in [5, 5.41) is 14.6. The highest BCUT2D eigenvalue weighted by atomic mass is 32.2. The summed E-state index contributed by atoms with van der Waals surface area (Å²) in [6, 6.07) is 0. The standard InChI is InChI=1S/C15H26N6O2S2/c1-15(2,3)17-11(22)9-20-5-7-21(8-6-20)12(23)10-24-14-19-18-13(16-4)25-14/h5-10H2,1-4H3,(H,16,18)(H,17,22). The molecule has 0 unspecified atom stereocenters. The molecular formula is C15H26N6O2S2. The molecule has 2 heterocycles.